The molecule has 0 radical (unpaired) electrons. The molecule has 21 heavy (non-hydrogen) atoms. The van der Waals surface area contributed by atoms with Crippen molar-refractivity contribution in [3.8, 4) is 5.75 Å². The summed E-state index contributed by atoms with van der Waals surface area (Å²) in [6.45, 7) is 0.598. The smallest absolute Gasteiger partial charge is 0.303 e. The molecule has 1 fully saturated rings. The maximum atomic E-state index is 11.0. The molecule has 0 spiro atoms. The summed E-state index contributed by atoms with van der Waals surface area (Å²) in [6.07, 6.45) is 4.85. The molecule has 5 nitrogen and oxygen atoms in total. The number of carboxylic acids is 1. The van der Waals surface area contributed by atoms with Gasteiger partial charge in [-0.25, -0.2) is 4.98 Å². The second-order valence-electron chi connectivity index (χ2n) is 5.84. The van der Waals surface area contributed by atoms with Crippen molar-refractivity contribution in [2.45, 2.75) is 25.7 Å². The minimum Gasteiger partial charge on any atom is -0.508 e. The van der Waals surface area contributed by atoms with Gasteiger partial charge in [-0.15, -0.1) is 0 Å². The second kappa shape index (κ2) is 5.24. The maximum absolute atomic E-state index is 11.0. The lowest BCUT2D eigenvalue weighted by Gasteiger charge is -2.41. The van der Waals surface area contributed by atoms with E-state index >= 15 is 0 Å². The molecule has 0 unspecified atom stereocenters. The van der Waals surface area contributed by atoms with Gasteiger partial charge in [-0.05, 0) is 41.8 Å². The number of fused-ring (bicyclic) bond motifs is 1. The molecule has 0 bridgehead atoms. The highest BCUT2D eigenvalue weighted by atomic mass is 16.4. The van der Waals surface area contributed by atoms with Gasteiger partial charge in [0.15, 0.2) is 0 Å². The van der Waals surface area contributed by atoms with Crippen LogP contribution >= 0.6 is 0 Å². The number of carbonyl (C=O) groups is 1. The number of nitrogens with one attached hydrogen (secondary N) is 1. The molecule has 1 aromatic heterocycles. The summed E-state index contributed by atoms with van der Waals surface area (Å²) in [6, 6.07) is 7.05. The average molecular weight is 286 g/mol. The molecule has 1 aliphatic rings. The lowest BCUT2D eigenvalue weighted by molar-refractivity contribution is -0.141. The van der Waals surface area contributed by atoms with Crippen LogP contribution < -0.4 is 5.32 Å². The van der Waals surface area contributed by atoms with Crippen LogP contribution in [0.3, 0.4) is 0 Å². The number of rotatable bonds is 5. The van der Waals surface area contributed by atoms with Gasteiger partial charge in [-0.3, -0.25) is 4.79 Å². The Morgan fingerprint density at radius 1 is 1.33 bits per heavy atom. The third-order valence-corrected chi connectivity index (χ3v) is 4.32. The van der Waals surface area contributed by atoms with Crippen LogP contribution in [0, 0.1) is 5.41 Å². The molecule has 5 heteroatoms. The third-order valence-electron chi connectivity index (χ3n) is 4.32. The van der Waals surface area contributed by atoms with E-state index in [1.165, 1.54) is 0 Å². The molecule has 1 aliphatic carbocycles. The molecule has 1 heterocycles. The number of anilines is 1. The monoisotopic (exact) mass is 286 g/mol. The van der Waals surface area contributed by atoms with Crippen molar-refractivity contribution in [3.63, 3.8) is 0 Å². The molecule has 0 atom stereocenters. The normalized spacial score (nSPS) is 16.4. The first-order valence-corrected chi connectivity index (χ1v) is 7.11. The van der Waals surface area contributed by atoms with Crippen LogP contribution in [0.4, 0.5) is 5.82 Å². The van der Waals surface area contributed by atoms with Gasteiger partial charge in [-0.1, -0.05) is 12.5 Å². The van der Waals surface area contributed by atoms with Crippen molar-refractivity contribution in [1.82, 2.24) is 4.98 Å². The molecule has 1 saturated carbocycles. The van der Waals surface area contributed by atoms with E-state index in [1.54, 1.807) is 18.3 Å². The zero-order chi connectivity index (χ0) is 14.9. The molecule has 3 rings (SSSR count). The van der Waals surface area contributed by atoms with Gasteiger partial charge < -0.3 is 15.5 Å². The van der Waals surface area contributed by atoms with Crippen molar-refractivity contribution < 1.29 is 15.0 Å². The van der Waals surface area contributed by atoms with E-state index in [4.69, 9.17) is 5.11 Å². The second-order valence-corrected chi connectivity index (χ2v) is 5.84. The summed E-state index contributed by atoms with van der Waals surface area (Å²) >= 11 is 0. The van der Waals surface area contributed by atoms with Gasteiger partial charge in [0.25, 0.3) is 0 Å². The van der Waals surface area contributed by atoms with E-state index in [0.29, 0.717) is 12.4 Å². The first kappa shape index (κ1) is 13.7. The Bertz CT molecular complexity index is 680. The van der Waals surface area contributed by atoms with Crippen LogP contribution in [0.25, 0.3) is 10.8 Å². The molecular weight excluding hydrogens is 268 g/mol. The molecule has 0 saturated heterocycles. The lowest BCUT2D eigenvalue weighted by atomic mass is 9.66. The highest BCUT2D eigenvalue weighted by Crippen LogP contribution is 2.44. The van der Waals surface area contributed by atoms with E-state index in [0.717, 1.165) is 30.0 Å². The molecule has 2 aromatic rings. The highest BCUT2D eigenvalue weighted by Gasteiger charge is 2.38. The highest BCUT2D eigenvalue weighted by molar-refractivity contribution is 5.92. The van der Waals surface area contributed by atoms with E-state index in [2.05, 4.69) is 10.3 Å². The first-order valence-electron chi connectivity index (χ1n) is 7.11. The summed E-state index contributed by atoms with van der Waals surface area (Å²) in [7, 11) is 0. The van der Waals surface area contributed by atoms with E-state index in [-0.39, 0.29) is 17.6 Å². The molecule has 3 N–H and O–H groups in total. The Labute approximate surface area is 122 Å². The maximum Gasteiger partial charge on any atom is 0.303 e. The fourth-order valence-electron chi connectivity index (χ4n) is 2.98. The van der Waals surface area contributed by atoms with E-state index in [9.17, 15) is 9.90 Å². The molecular formula is C16H18N2O3. The summed E-state index contributed by atoms with van der Waals surface area (Å²) in [4.78, 5) is 15.3. The van der Waals surface area contributed by atoms with Gasteiger partial charge in [0.2, 0.25) is 0 Å². The number of phenolic OH excluding ortho intramolecular Hbond substituents is 1. The van der Waals surface area contributed by atoms with Gasteiger partial charge >= 0.3 is 5.97 Å². The topological polar surface area (TPSA) is 82.5 Å². The van der Waals surface area contributed by atoms with Crippen LogP contribution in [0.5, 0.6) is 5.75 Å². The Balaban J connectivity index is 1.82. The van der Waals surface area contributed by atoms with E-state index < -0.39 is 5.97 Å². The number of carboxylic acid groups (broad SMARTS) is 1. The number of hydrogen-bond acceptors (Lipinski definition) is 4. The Hall–Kier alpha value is -2.30. The van der Waals surface area contributed by atoms with Crippen molar-refractivity contribution in [2.24, 2.45) is 5.41 Å². The van der Waals surface area contributed by atoms with E-state index in [1.807, 2.05) is 12.1 Å². The van der Waals surface area contributed by atoms with Gasteiger partial charge in [-0.2, -0.15) is 0 Å². The van der Waals surface area contributed by atoms with Crippen LogP contribution in [-0.4, -0.2) is 27.7 Å². The average Bonchev–Trinajstić information content (AvgIpc) is 2.41. The number of hydrogen-bond donors (Lipinski definition) is 3. The standard InChI is InChI=1S/C16H18N2O3/c19-12-3-2-11-4-7-17-15(13(11)8-12)18-10-16(5-1-6-16)9-14(20)21/h2-4,7-8,19H,1,5-6,9-10H2,(H,17,18)(H,20,21). The summed E-state index contributed by atoms with van der Waals surface area (Å²) in [5.74, 6) is 0.141. The molecule has 1 aromatic carbocycles. The quantitative estimate of drug-likeness (QED) is 0.787. The number of aromatic nitrogens is 1. The van der Waals surface area contributed by atoms with Crippen LogP contribution in [-0.2, 0) is 4.79 Å². The van der Waals surface area contributed by atoms with Crippen molar-refractivity contribution in [2.75, 3.05) is 11.9 Å². The number of aromatic hydroxyl groups is 1. The number of aliphatic carboxylic acids is 1. The lowest BCUT2D eigenvalue weighted by Crippen LogP contribution is -2.38. The van der Waals surface area contributed by atoms with Gasteiger partial charge in [0.05, 0.1) is 6.42 Å². The van der Waals surface area contributed by atoms with Crippen LogP contribution in [0.2, 0.25) is 0 Å². The predicted molar refractivity (Wildman–Crippen MR) is 80.4 cm³/mol. The number of pyridine rings is 1. The molecule has 0 amide bonds. The largest absolute Gasteiger partial charge is 0.508 e. The van der Waals surface area contributed by atoms with Crippen molar-refractivity contribution in [3.05, 3.63) is 30.5 Å². The zero-order valence-electron chi connectivity index (χ0n) is 11.7. The fourth-order valence-corrected chi connectivity index (χ4v) is 2.98. The predicted octanol–water partition coefficient (Wildman–Crippen LogP) is 3.00. The SMILES string of the molecule is O=C(O)CC1(CNc2nccc3ccc(O)cc23)CCC1. The van der Waals surface area contributed by atoms with Crippen molar-refractivity contribution in [1.29, 1.82) is 0 Å². The first-order chi connectivity index (χ1) is 10.1. The molecule has 110 valence electrons. The minimum absolute atomic E-state index is 0.160. The number of benzene rings is 1. The third kappa shape index (κ3) is 2.77. The van der Waals surface area contributed by atoms with Gasteiger partial charge in [0.1, 0.15) is 11.6 Å². The summed E-state index contributed by atoms with van der Waals surface area (Å²) < 4.78 is 0. The fraction of sp³-hybridized carbons (Fsp3) is 0.375. The van der Waals surface area contributed by atoms with Crippen molar-refractivity contribution >= 4 is 22.6 Å². The Morgan fingerprint density at radius 2 is 2.14 bits per heavy atom. The number of nitrogens with zero attached hydrogens (tertiary/aromatic N) is 1. The Kier molecular flexibility index (Phi) is 3.41. The van der Waals surface area contributed by atoms with Gasteiger partial charge in [0, 0.05) is 18.1 Å². The molecule has 0 aliphatic heterocycles. The minimum atomic E-state index is -0.750. The Morgan fingerprint density at radius 3 is 2.81 bits per heavy atom. The summed E-state index contributed by atoms with van der Waals surface area (Å²) in [5, 5.41) is 23.8. The summed E-state index contributed by atoms with van der Waals surface area (Å²) in [5.41, 5.74) is -0.160. The number of phenols is 1. The van der Waals surface area contributed by atoms with Crippen LogP contribution in [0.1, 0.15) is 25.7 Å². The zero-order valence-corrected chi connectivity index (χ0v) is 11.7. The van der Waals surface area contributed by atoms with Crippen LogP contribution in [0.15, 0.2) is 30.5 Å².